The molecule has 0 saturated carbocycles. The van der Waals surface area contributed by atoms with Crippen molar-refractivity contribution in [2.45, 2.75) is 13.3 Å². The Morgan fingerprint density at radius 1 is 1.46 bits per heavy atom. The molecule has 0 aliphatic heterocycles. The van der Waals surface area contributed by atoms with E-state index >= 15 is 0 Å². The van der Waals surface area contributed by atoms with Crippen molar-refractivity contribution in [3.8, 4) is 11.8 Å². The van der Waals surface area contributed by atoms with Crippen molar-refractivity contribution < 1.29 is 0 Å². The topological polar surface area (TPSA) is 28.7 Å². The van der Waals surface area contributed by atoms with Crippen molar-refractivity contribution in [1.29, 1.82) is 0 Å². The molecular formula is C11H10N2. The maximum atomic E-state index is 3.96. The zero-order valence-electron chi connectivity index (χ0n) is 7.46. The van der Waals surface area contributed by atoms with Crippen molar-refractivity contribution in [2.24, 2.45) is 0 Å². The van der Waals surface area contributed by atoms with E-state index in [1.165, 1.54) is 5.56 Å². The summed E-state index contributed by atoms with van der Waals surface area (Å²) in [6, 6.07) is 6.24. The summed E-state index contributed by atoms with van der Waals surface area (Å²) in [6.07, 6.45) is 2.63. The van der Waals surface area contributed by atoms with E-state index in [4.69, 9.17) is 0 Å². The molecule has 0 amide bonds. The van der Waals surface area contributed by atoms with Crippen LogP contribution in [0.25, 0.3) is 10.9 Å². The minimum Gasteiger partial charge on any atom is -0.278 e. The van der Waals surface area contributed by atoms with E-state index in [1.54, 1.807) is 0 Å². The lowest BCUT2D eigenvalue weighted by Crippen LogP contribution is -1.80. The molecule has 0 unspecified atom stereocenters. The second-order valence-electron chi connectivity index (χ2n) is 2.90. The van der Waals surface area contributed by atoms with Gasteiger partial charge in [-0.15, -0.1) is 5.92 Å². The molecule has 1 aromatic carbocycles. The lowest BCUT2D eigenvalue weighted by molar-refractivity contribution is 1.12. The number of benzene rings is 1. The van der Waals surface area contributed by atoms with E-state index in [0.717, 1.165) is 17.3 Å². The van der Waals surface area contributed by atoms with Gasteiger partial charge in [0.15, 0.2) is 0 Å². The van der Waals surface area contributed by atoms with Crippen LogP contribution in [0.5, 0.6) is 0 Å². The van der Waals surface area contributed by atoms with Gasteiger partial charge in [-0.3, -0.25) is 5.10 Å². The molecule has 13 heavy (non-hydrogen) atoms. The third-order valence-electron chi connectivity index (χ3n) is 1.98. The fraction of sp³-hybridized carbons (Fsp3) is 0.182. The predicted molar refractivity (Wildman–Crippen MR) is 53.2 cm³/mol. The monoisotopic (exact) mass is 170 g/mol. The summed E-state index contributed by atoms with van der Waals surface area (Å²) in [5.41, 5.74) is 2.31. The Kier molecular flexibility index (Phi) is 2.01. The minimum absolute atomic E-state index is 0.811. The Balaban J connectivity index is 2.40. The van der Waals surface area contributed by atoms with Crippen LogP contribution in [0.4, 0.5) is 0 Å². The van der Waals surface area contributed by atoms with Crippen molar-refractivity contribution in [2.75, 3.05) is 0 Å². The molecule has 0 bridgehead atoms. The predicted octanol–water partition coefficient (Wildman–Crippen LogP) is 2.13. The first-order chi connectivity index (χ1) is 6.40. The first-order valence-corrected chi connectivity index (χ1v) is 4.22. The largest absolute Gasteiger partial charge is 0.278 e. The Morgan fingerprint density at radius 2 is 2.38 bits per heavy atom. The minimum atomic E-state index is 0.811. The fourth-order valence-corrected chi connectivity index (χ4v) is 1.28. The van der Waals surface area contributed by atoms with Crippen LogP contribution >= 0.6 is 0 Å². The van der Waals surface area contributed by atoms with Crippen LogP contribution in [-0.2, 0) is 6.42 Å². The number of hydrogen-bond acceptors (Lipinski definition) is 1. The van der Waals surface area contributed by atoms with Gasteiger partial charge in [-0.25, -0.2) is 0 Å². The first kappa shape index (κ1) is 7.88. The highest BCUT2D eigenvalue weighted by Crippen LogP contribution is 2.12. The van der Waals surface area contributed by atoms with Crippen LogP contribution in [0.2, 0.25) is 0 Å². The van der Waals surface area contributed by atoms with Crippen molar-refractivity contribution in [3.05, 3.63) is 30.0 Å². The molecule has 2 rings (SSSR count). The van der Waals surface area contributed by atoms with Gasteiger partial charge in [0.1, 0.15) is 0 Å². The highest BCUT2D eigenvalue weighted by Gasteiger charge is 1.95. The molecule has 0 spiro atoms. The van der Waals surface area contributed by atoms with Crippen LogP contribution in [0, 0.1) is 11.8 Å². The summed E-state index contributed by atoms with van der Waals surface area (Å²) >= 11 is 0. The van der Waals surface area contributed by atoms with Crippen LogP contribution in [0.15, 0.2) is 24.4 Å². The average molecular weight is 170 g/mol. The van der Waals surface area contributed by atoms with Gasteiger partial charge in [0.25, 0.3) is 0 Å². The maximum Gasteiger partial charge on any atom is 0.0653 e. The molecule has 1 N–H and O–H groups in total. The van der Waals surface area contributed by atoms with Gasteiger partial charge >= 0.3 is 0 Å². The number of aromatic nitrogens is 2. The average Bonchev–Trinajstić information content (AvgIpc) is 2.61. The molecule has 64 valence electrons. The molecule has 1 heterocycles. The maximum absolute atomic E-state index is 3.96. The van der Waals surface area contributed by atoms with E-state index in [-0.39, 0.29) is 0 Å². The van der Waals surface area contributed by atoms with Crippen LogP contribution in [-0.4, -0.2) is 10.2 Å². The SMILES string of the molecule is CC#CCc1ccc2cn[nH]c2c1. The van der Waals surface area contributed by atoms with E-state index in [9.17, 15) is 0 Å². The van der Waals surface area contributed by atoms with E-state index < -0.39 is 0 Å². The zero-order valence-corrected chi connectivity index (χ0v) is 7.46. The smallest absolute Gasteiger partial charge is 0.0653 e. The van der Waals surface area contributed by atoms with E-state index in [1.807, 2.05) is 13.1 Å². The normalized spacial score (nSPS) is 9.62. The zero-order chi connectivity index (χ0) is 9.10. The van der Waals surface area contributed by atoms with Crippen LogP contribution in [0.3, 0.4) is 0 Å². The second kappa shape index (κ2) is 3.32. The number of H-pyrrole nitrogens is 1. The molecule has 2 aromatic rings. The van der Waals surface area contributed by atoms with Crippen LogP contribution in [0.1, 0.15) is 12.5 Å². The number of hydrogen-bond donors (Lipinski definition) is 1. The van der Waals surface area contributed by atoms with E-state index in [2.05, 4.69) is 40.2 Å². The highest BCUT2D eigenvalue weighted by molar-refractivity contribution is 5.78. The van der Waals surface area contributed by atoms with Gasteiger partial charge in [-0.05, 0) is 18.6 Å². The summed E-state index contributed by atoms with van der Waals surface area (Å²) in [5.74, 6) is 5.92. The fourth-order valence-electron chi connectivity index (χ4n) is 1.28. The van der Waals surface area contributed by atoms with Crippen molar-refractivity contribution >= 4 is 10.9 Å². The Bertz CT molecular complexity index is 471. The number of nitrogens with zero attached hydrogens (tertiary/aromatic N) is 1. The molecule has 0 saturated heterocycles. The third kappa shape index (κ3) is 1.54. The molecule has 0 aliphatic carbocycles. The number of rotatable bonds is 1. The lowest BCUT2D eigenvalue weighted by atomic mass is 10.1. The van der Waals surface area contributed by atoms with Gasteiger partial charge in [0.05, 0.1) is 11.7 Å². The second-order valence-corrected chi connectivity index (χ2v) is 2.90. The van der Waals surface area contributed by atoms with Gasteiger partial charge in [0, 0.05) is 11.8 Å². The highest BCUT2D eigenvalue weighted by atomic mass is 15.1. The molecule has 0 fully saturated rings. The molecule has 2 heteroatoms. The summed E-state index contributed by atoms with van der Waals surface area (Å²) in [6.45, 7) is 1.86. The molecule has 0 atom stereocenters. The summed E-state index contributed by atoms with van der Waals surface area (Å²) < 4.78 is 0. The van der Waals surface area contributed by atoms with Gasteiger partial charge in [-0.1, -0.05) is 18.1 Å². The van der Waals surface area contributed by atoms with Gasteiger partial charge in [0.2, 0.25) is 0 Å². The molecular weight excluding hydrogens is 160 g/mol. The third-order valence-corrected chi connectivity index (χ3v) is 1.98. The van der Waals surface area contributed by atoms with Crippen molar-refractivity contribution in [1.82, 2.24) is 10.2 Å². The van der Waals surface area contributed by atoms with Gasteiger partial charge < -0.3 is 0 Å². The number of fused-ring (bicyclic) bond motifs is 1. The van der Waals surface area contributed by atoms with Crippen molar-refractivity contribution in [3.63, 3.8) is 0 Å². The molecule has 1 aromatic heterocycles. The molecule has 0 aliphatic rings. The standard InChI is InChI=1S/C11H10N2/c1-2-3-4-9-5-6-10-8-12-13-11(10)7-9/h5-8H,4H2,1H3,(H,12,13). The Labute approximate surface area is 77.0 Å². The quantitative estimate of drug-likeness (QED) is 0.652. The lowest BCUT2D eigenvalue weighted by Gasteiger charge is -1.94. The summed E-state index contributed by atoms with van der Waals surface area (Å²) in [7, 11) is 0. The number of aromatic amines is 1. The Hall–Kier alpha value is -1.75. The van der Waals surface area contributed by atoms with Crippen LogP contribution < -0.4 is 0 Å². The molecule has 2 nitrogen and oxygen atoms in total. The number of nitrogens with one attached hydrogen (secondary N) is 1. The summed E-state index contributed by atoms with van der Waals surface area (Å²) in [4.78, 5) is 0. The Morgan fingerprint density at radius 3 is 3.23 bits per heavy atom. The van der Waals surface area contributed by atoms with E-state index in [0.29, 0.717) is 0 Å². The first-order valence-electron chi connectivity index (χ1n) is 4.22. The molecule has 0 radical (unpaired) electrons. The van der Waals surface area contributed by atoms with Gasteiger partial charge in [-0.2, -0.15) is 5.10 Å². The summed E-state index contributed by atoms with van der Waals surface area (Å²) in [5, 5.41) is 8.05.